The van der Waals surface area contributed by atoms with Crippen molar-refractivity contribution in [1.29, 1.82) is 0 Å². The highest BCUT2D eigenvalue weighted by Crippen LogP contribution is 2.67. The number of carbonyl (C=O) groups is 4. The molecule has 4 saturated carbocycles. The highest BCUT2D eigenvalue weighted by atomic mass is 16.7. The minimum absolute atomic E-state index is 0.0676. The highest BCUT2D eigenvalue weighted by molar-refractivity contribution is 5.89. The van der Waals surface area contributed by atoms with Gasteiger partial charge in [0.25, 0.3) is 0 Å². The van der Waals surface area contributed by atoms with E-state index in [0.717, 1.165) is 36.5 Å². The van der Waals surface area contributed by atoms with Crippen molar-refractivity contribution < 1.29 is 39.0 Å². The topological polar surface area (TPSA) is 139 Å². The number of fused-ring (bicyclic) bond motifs is 5. The fraction of sp³-hybridized carbons (Fsp3) is 0.730. The van der Waals surface area contributed by atoms with Gasteiger partial charge in [-0.15, -0.1) is 0 Å². The molecule has 0 spiro atoms. The van der Waals surface area contributed by atoms with Crippen molar-refractivity contribution in [3.05, 3.63) is 35.4 Å². The van der Waals surface area contributed by atoms with Gasteiger partial charge in [-0.1, -0.05) is 38.8 Å². The molecule has 1 amide bonds. The van der Waals surface area contributed by atoms with Crippen LogP contribution in [0.5, 0.6) is 0 Å². The van der Waals surface area contributed by atoms with E-state index in [1.54, 1.807) is 12.1 Å². The van der Waals surface area contributed by atoms with E-state index in [1.807, 2.05) is 0 Å². The van der Waals surface area contributed by atoms with Gasteiger partial charge in [0.05, 0.1) is 11.5 Å². The third-order valence-corrected chi connectivity index (χ3v) is 13.0. The Labute approximate surface area is 273 Å². The first kappa shape index (κ1) is 34.4. The van der Waals surface area contributed by atoms with E-state index in [2.05, 4.69) is 13.8 Å². The van der Waals surface area contributed by atoms with Gasteiger partial charge in [-0.05, 0) is 135 Å². The van der Waals surface area contributed by atoms with Crippen LogP contribution in [0.15, 0.2) is 24.3 Å². The number of hydrogen-bond acceptors (Lipinski definition) is 7. The van der Waals surface area contributed by atoms with E-state index < -0.39 is 30.6 Å². The summed E-state index contributed by atoms with van der Waals surface area (Å²) in [5, 5.41) is 18.1. The van der Waals surface area contributed by atoms with Crippen LogP contribution in [0.1, 0.15) is 126 Å². The fourth-order valence-corrected chi connectivity index (χ4v) is 10.4. The molecule has 1 aromatic carbocycles. The van der Waals surface area contributed by atoms with Gasteiger partial charge in [-0.3, -0.25) is 19.6 Å². The molecule has 5 rings (SSSR count). The number of aliphatic carboxylic acids is 1. The first-order valence-corrected chi connectivity index (χ1v) is 17.6. The van der Waals surface area contributed by atoms with E-state index in [4.69, 9.17) is 14.7 Å². The predicted molar refractivity (Wildman–Crippen MR) is 170 cm³/mol. The first-order valence-electron chi connectivity index (χ1n) is 17.6. The number of hydroxylamine groups is 1. The molecule has 46 heavy (non-hydrogen) atoms. The van der Waals surface area contributed by atoms with Gasteiger partial charge in [0.2, 0.25) is 12.7 Å². The van der Waals surface area contributed by atoms with Crippen molar-refractivity contribution in [3.63, 3.8) is 0 Å². The number of nitrogens with one attached hydrogen (secondary N) is 1. The Bertz CT molecular complexity index is 1250. The van der Waals surface area contributed by atoms with Gasteiger partial charge >= 0.3 is 17.9 Å². The third kappa shape index (κ3) is 7.45. The van der Waals surface area contributed by atoms with Gasteiger partial charge in [-0.2, -0.15) is 0 Å². The normalized spacial score (nSPS) is 32.3. The summed E-state index contributed by atoms with van der Waals surface area (Å²) in [4.78, 5) is 47.7. The lowest BCUT2D eigenvalue weighted by atomic mass is 9.45. The molecular weight excluding hydrogens is 586 g/mol. The summed E-state index contributed by atoms with van der Waals surface area (Å²) in [6.45, 7) is 4.74. The minimum Gasteiger partial charge on any atom is -0.481 e. The molecule has 8 unspecified atom stereocenters. The number of esters is 2. The summed E-state index contributed by atoms with van der Waals surface area (Å²) in [5.41, 5.74) is 3.39. The van der Waals surface area contributed by atoms with E-state index in [0.29, 0.717) is 28.7 Å². The maximum atomic E-state index is 12.5. The van der Waals surface area contributed by atoms with Crippen LogP contribution in [0, 0.1) is 46.3 Å². The van der Waals surface area contributed by atoms with Crippen LogP contribution in [0.3, 0.4) is 0 Å². The number of carboxylic acids is 1. The van der Waals surface area contributed by atoms with Gasteiger partial charge in [0, 0.05) is 12.8 Å². The number of amides is 1. The molecule has 0 heterocycles. The first-order chi connectivity index (χ1) is 22.0. The fourth-order valence-electron chi connectivity index (χ4n) is 10.4. The molecule has 254 valence electrons. The quantitative estimate of drug-likeness (QED) is 0.0900. The number of carbonyl (C=O) groups excluding carboxylic acids is 3. The van der Waals surface area contributed by atoms with Crippen LogP contribution >= 0.6 is 0 Å². The maximum Gasteiger partial charge on any atom is 0.340 e. The summed E-state index contributed by atoms with van der Waals surface area (Å²) in [6, 6.07) is 6.32. The lowest BCUT2D eigenvalue weighted by Gasteiger charge is -2.60. The van der Waals surface area contributed by atoms with E-state index in [9.17, 15) is 24.3 Å². The molecular formula is C37H53NO8. The van der Waals surface area contributed by atoms with Crippen molar-refractivity contribution in [2.75, 3.05) is 6.79 Å². The zero-order valence-electron chi connectivity index (χ0n) is 27.6. The van der Waals surface area contributed by atoms with Gasteiger partial charge < -0.3 is 14.6 Å². The van der Waals surface area contributed by atoms with E-state index >= 15 is 0 Å². The Hall–Kier alpha value is -2.94. The molecule has 0 radical (unpaired) electrons. The SMILES string of the molecule is CC12CCCCC1CCC1C2CCC2(C)C(CCCC(=O)OCOC(=O)c3ccc(CC(CCC(=O)NO)C(=O)O)cc3)CCC12. The summed E-state index contributed by atoms with van der Waals surface area (Å²) < 4.78 is 10.4. The standard InChI is InChI=1S/C37H53NO8/c1-36-20-4-3-6-27(36)14-16-29-30-17-15-28(37(30,2)21-19-31(29)36)7-5-8-33(40)45-23-46-35(43)25-11-9-24(10-12-25)22-26(34(41)42)13-18-32(39)38-44/h9-12,26-31,44H,3-8,13-23H2,1-2H3,(H,38,39)(H,41,42). The second-order valence-corrected chi connectivity index (χ2v) is 15.2. The Balaban J connectivity index is 1.01. The second-order valence-electron chi connectivity index (χ2n) is 15.2. The molecule has 4 aliphatic rings. The number of ether oxygens (including phenoxy) is 2. The molecule has 0 aliphatic heterocycles. The Kier molecular flexibility index (Phi) is 11.1. The lowest BCUT2D eigenvalue weighted by Crippen LogP contribution is -2.52. The molecule has 0 bridgehead atoms. The lowest BCUT2D eigenvalue weighted by molar-refractivity contribution is -0.152. The molecule has 0 aromatic heterocycles. The van der Waals surface area contributed by atoms with Gasteiger partial charge in [0.15, 0.2) is 0 Å². The minimum atomic E-state index is -1.05. The molecule has 0 saturated heterocycles. The Morgan fingerprint density at radius 3 is 2.39 bits per heavy atom. The summed E-state index contributed by atoms with van der Waals surface area (Å²) in [5.74, 6) is 0.729. The molecule has 9 heteroatoms. The average Bonchev–Trinajstić information content (AvgIpc) is 3.38. The molecule has 1 aromatic rings. The maximum absolute atomic E-state index is 12.5. The zero-order chi connectivity index (χ0) is 32.9. The largest absolute Gasteiger partial charge is 0.481 e. The molecule has 8 atom stereocenters. The van der Waals surface area contributed by atoms with Crippen LogP contribution in [0.25, 0.3) is 0 Å². The number of hydrogen-bond donors (Lipinski definition) is 3. The monoisotopic (exact) mass is 639 g/mol. The van der Waals surface area contributed by atoms with Crippen LogP contribution in [0.4, 0.5) is 0 Å². The molecule has 9 nitrogen and oxygen atoms in total. The smallest absolute Gasteiger partial charge is 0.340 e. The zero-order valence-corrected chi connectivity index (χ0v) is 27.6. The molecule has 4 aliphatic carbocycles. The van der Waals surface area contributed by atoms with Crippen molar-refractivity contribution in [1.82, 2.24) is 5.48 Å². The van der Waals surface area contributed by atoms with Crippen LogP contribution in [0.2, 0.25) is 0 Å². The molecule has 3 N–H and O–H groups in total. The van der Waals surface area contributed by atoms with Crippen molar-refractivity contribution >= 4 is 23.8 Å². The number of benzene rings is 1. The van der Waals surface area contributed by atoms with E-state index in [1.165, 1.54) is 81.8 Å². The van der Waals surface area contributed by atoms with E-state index in [-0.39, 0.29) is 30.8 Å². The van der Waals surface area contributed by atoms with Crippen LogP contribution in [-0.2, 0) is 30.3 Å². The predicted octanol–water partition coefficient (Wildman–Crippen LogP) is 7.09. The highest BCUT2D eigenvalue weighted by Gasteiger charge is 2.59. The molecule has 4 fully saturated rings. The Morgan fingerprint density at radius 1 is 0.891 bits per heavy atom. The van der Waals surface area contributed by atoms with Gasteiger partial charge in [-0.25, -0.2) is 10.3 Å². The summed E-state index contributed by atoms with van der Waals surface area (Å²) >= 11 is 0. The van der Waals surface area contributed by atoms with Crippen molar-refractivity contribution in [2.45, 2.75) is 117 Å². The van der Waals surface area contributed by atoms with Crippen LogP contribution < -0.4 is 5.48 Å². The Morgan fingerprint density at radius 2 is 1.65 bits per heavy atom. The van der Waals surface area contributed by atoms with Crippen LogP contribution in [-0.4, -0.2) is 40.9 Å². The average molecular weight is 640 g/mol. The second kappa shape index (κ2) is 14.9. The third-order valence-electron chi connectivity index (χ3n) is 13.0. The number of rotatable bonds is 13. The van der Waals surface area contributed by atoms with Crippen molar-refractivity contribution in [2.24, 2.45) is 46.3 Å². The summed E-state index contributed by atoms with van der Waals surface area (Å²) in [7, 11) is 0. The summed E-state index contributed by atoms with van der Waals surface area (Å²) in [6.07, 6.45) is 16.2. The van der Waals surface area contributed by atoms with Gasteiger partial charge in [0.1, 0.15) is 0 Å². The van der Waals surface area contributed by atoms with Crippen molar-refractivity contribution in [3.8, 4) is 0 Å². The number of carboxylic acid groups (broad SMARTS) is 1.